The van der Waals surface area contributed by atoms with E-state index in [0.29, 0.717) is 40.1 Å². The molecule has 1 aromatic carbocycles. The molecule has 5 rings (SSSR count). The van der Waals surface area contributed by atoms with Crippen molar-refractivity contribution in [1.82, 2.24) is 25.4 Å². The minimum Gasteiger partial charge on any atom is -0.334 e. The number of nitrogens with zero attached hydrogens (tertiary/aromatic N) is 2. The second-order valence-electron chi connectivity index (χ2n) is 8.52. The highest BCUT2D eigenvalue weighted by Gasteiger charge is 2.34. The summed E-state index contributed by atoms with van der Waals surface area (Å²) >= 11 is 13.4. The topological polar surface area (TPSA) is 93.9 Å². The Morgan fingerprint density at radius 1 is 1.29 bits per heavy atom. The molecule has 1 atom stereocenters. The van der Waals surface area contributed by atoms with E-state index in [4.69, 9.17) is 23.2 Å². The predicted molar refractivity (Wildman–Crippen MR) is 121 cm³/mol. The lowest BCUT2D eigenvalue weighted by Gasteiger charge is -2.35. The van der Waals surface area contributed by atoms with Crippen molar-refractivity contribution in [2.75, 3.05) is 19.6 Å². The number of carbonyl (C=O) groups is 1. The number of pyridine rings is 1. The highest BCUT2D eigenvalue weighted by Crippen LogP contribution is 2.40. The van der Waals surface area contributed by atoms with Crippen LogP contribution in [0.2, 0.25) is 10.0 Å². The summed E-state index contributed by atoms with van der Waals surface area (Å²) in [5, 5.41) is 12.1. The van der Waals surface area contributed by atoms with Crippen LogP contribution in [0, 0.1) is 12.8 Å². The summed E-state index contributed by atoms with van der Waals surface area (Å²) in [6.07, 6.45) is 2.23. The Kier molecular flexibility index (Phi) is 5.07. The van der Waals surface area contributed by atoms with Crippen molar-refractivity contribution >= 4 is 40.0 Å². The lowest BCUT2D eigenvalue weighted by Crippen LogP contribution is -2.45. The molecule has 3 aromatic rings. The number of benzene rings is 1. The monoisotopic (exact) mass is 459 g/mol. The molecule has 1 fully saturated rings. The Bertz CT molecular complexity index is 1260. The van der Waals surface area contributed by atoms with Crippen LogP contribution in [0.3, 0.4) is 0 Å². The van der Waals surface area contributed by atoms with Gasteiger partial charge in [-0.05, 0) is 55.5 Å². The lowest BCUT2D eigenvalue weighted by atomic mass is 9.82. The van der Waals surface area contributed by atoms with Crippen molar-refractivity contribution < 1.29 is 4.79 Å². The van der Waals surface area contributed by atoms with Crippen LogP contribution >= 0.6 is 23.2 Å². The van der Waals surface area contributed by atoms with Gasteiger partial charge in [0.15, 0.2) is 0 Å². The fourth-order valence-corrected chi connectivity index (χ4v) is 5.36. The smallest absolute Gasteiger partial charge is 0.256 e. The highest BCUT2D eigenvalue weighted by molar-refractivity contribution is 6.37. The third kappa shape index (κ3) is 3.26. The van der Waals surface area contributed by atoms with Crippen molar-refractivity contribution in [3.8, 4) is 0 Å². The average Bonchev–Trinajstić information content (AvgIpc) is 3.17. The van der Waals surface area contributed by atoms with E-state index in [1.165, 1.54) is 0 Å². The molecule has 2 aromatic heterocycles. The number of hydrogen-bond acceptors (Lipinski definition) is 4. The van der Waals surface area contributed by atoms with E-state index in [1.807, 2.05) is 13.0 Å². The number of aromatic amines is 2. The third-order valence-corrected chi connectivity index (χ3v) is 7.50. The van der Waals surface area contributed by atoms with Crippen LogP contribution in [0.1, 0.15) is 45.6 Å². The number of amides is 1. The number of aryl methyl sites for hydroxylation is 1. The predicted octanol–water partition coefficient (Wildman–Crippen LogP) is 3.39. The molecule has 9 heteroatoms. The molecule has 3 N–H and O–H groups in total. The molecule has 4 heterocycles. The van der Waals surface area contributed by atoms with Gasteiger partial charge in [0, 0.05) is 28.2 Å². The van der Waals surface area contributed by atoms with Crippen LogP contribution in [0.25, 0.3) is 10.9 Å². The second kappa shape index (κ2) is 7.65. The van der Waals surface area contributed by atoms with Gasteiger partial charge in [-0.3, -0.25) is 14.7 Å². The first-order chi connectivity index (χ1) is 14.9. The zero-order valence-electron chi connectivity index (χ0n) is 17.3. The number of H-pyrrole nitrogens is 2. The maximum absolute atomic E-state index is 13.5. The summed E-state index contributed by atoms with van der Waals surface area (Å²) in [4.78, 5) is 30.7. The number of fused-ring (bicyclic) bond motifs is 2. The third-order valence-electron chi connectivity index (χ3n) is 6.75. The molecule has 0 spiro atoms. The van der Waals surface area contributed by atoms with E-state index in [1.54, 1.807) is 11.1 Å². The van der Waals surface area contributed by atoms with E-state index < -0.39 is 0 Å². The summed E-state index contributed by atoms with van der Waals surface area (Å²) in [6.45, 7) is 6.46. The van der Waals surface area contributed by atoms with Crippen LogP contribution in [0.4, 0.5) is 0 Å². The van der Waals surface area contributed by atoms with Crippen molar-refractivity contribution in [3.05, 3.63) is 60.6 Å². The Hall–Kier alpha value is -2.35. The Labute approximate surface area is 189 Å². The first kappa shape index (κ1) is 20.5. The van der Waals surface area contributed by atoms with Crippen LogP contribution in [0.5, 0.6) is 0 Å². The molecule has 2 aliphatic rings. The van der Waals surface area contributed by atoms with Gasteiger partial charge in [0.05, 0.1) is 28.8 Å². The molecular formula is C22H23Cl2N5O2. The van der Waals surface area contributed by atoms with Gasteiger partial charge in [0.1, 0.15) is 0 Å². The SMILES string of the molecule is Cc1[nH]c(=O)c(CN2CCc3c(Cl)cc(C(C)C4CNC4)c(Cl)c3C2=O)c2cn[nH]c12. The van der Waals surface area contributed by atoms with Gasteiger partial charge < -0.3 is 15.2 Å². The van der Waals surface area contributed by atoms with E-state index >= 15 is 0 Å². The Morgan fingerprint density at radius 3 is 2.77 bits per heavy atom. The first-order valence-electron chi connectivity index (χ1n) is 10.4. The van der Waals surface area contributed by atoms with Crippen LogP contribution < -0.4 is 10.9 Å². The molecule has 2 aliphatic heterocycles. The quantitative estimate of drug-likeness (QED) is 0.557. The number of carbonyl (C=O) groups excluding carboxylic acids is 1. The fraction of sp³-hybridized carbons (Fsp3) is 0.409. The summed E-state index contributed by atoms with van der Waals surface area (Å²) < 4.78 is 0. The number of aromatic nitrogens is 3. The van der Waals surface area contributed by atoms with E-state index in [2.05, 4.69) is 27.4 Å². The van der Waals surface area contributed by atoms with E-state index in [0.717, 1.165) is 40.8 Å². The lowest BCUT2D eigenvalue weighted by molar-refractivity contribution is 0.0727. The van der Waals surface area contributed by atoms with Crippen LogP contribution in [-0.4, -0.2) is 45.6 Å². The van der Waals surface area contributed by atoms with Gasteiger partial charge in [-0.25, -0.2) is 0 Å². The number of hydrogen-bond donors (Lipinski definition) is 3. The molecule has 0 saturated carbocycles. The normalized spacial score (nSPS) is 17.7. The van der Waals surface area contributed by atoms with Crippen LogP contribution in [-0.2, 0) is 13.0 Å². The van der Waals surface area contributed by atoms with Crippen molar-refractivity contribution in [2.45, 2.75) is 32.7 Å². The average molecular weight is 460 g/mol. The molecule has 0 aliphatic carbocycles. The summed E-state index contributed by atoms with van der Waals surface area (Å²) in [5.74, 6) is 0.484. The largest absolute Gasteiger partial charge is 0.334 e. The minimum absolute atomic E-state index is 0.185. The highest BCUT2D eigenvalue weighted by atomic mass is 35.5. The minimum atomic E-state index is -0.214. The van der Waals surface area contributed by atoms with Gasteiger partial charge in [-0.15, -0.1) is 0 Å². The maximum atomic E-state index is 13.5. The zero-order chi connectivity index (χ0) is 21.9. The molecule has 0 radical (unpaired) electrons. The molecule has 1 amide bonds. The van der Waals surface area contributed by atoms with Gasteiger partial charge in [0.25, 0.3) is 11.5 Å². The Balaban J connectivity index is 1.53. The van der Waals surface area contributed by atoms with Gasteiger partial charge in [-0.1, -0.05) is 30.1 Å². The summed E-state index contributed by atoms with van der Waals surface area (Å²) in [6, 6.07) is 1.92. The zero-order valence-corrected chi connectivity index (χ0v) is 18.8. The van der Waals surface area contributed by atoms with Crippen molar-refractivity contribution in [2.24, 2.45) is 5.92 Å². The molecular weight excluding hydrogens is 437 g/mol. The van der Waals surface area contributed by atoms with Crippen molar-refractivity contribution in [3.63, 3.8) is 0 Å². The number of rotatable bonds is 4. The van der Waals surface area contributed by atoms with Gasteiger partial charge >= 0.3 is 0 Å². The first-order valence-corrected chi connectivity index (χ1v) is 11.2. The van der Waals surface area contributed by atoms with E-state index in [9.17, 15) is 9.59 Å². The van der Waals surface area contributed by atoms with Crippen molar-refractivity contribution in [1.29, 1.82) is 0 Å². The molecule has 7 nitrogen and oxygen atoms in total. The molecule has 1 unspecified atom stereocenters. The molecule has 162 valence electrons. The summed E-state index contributed by atoms with van der Waals surface area (Å²) in [5.41, 5.74) is 3.97. The second-order valence-corrected chi connectivity index (χ2v) is 9.30. The Morgan fingerprint density at radius 2 is 2.06 bits per heavy atom. The maximum Gasteiger partial charge on any atom is 0.256 e. The van der Waals surface area contributed by atoms with E-state index in [-0.39, 0.29) is 23.9 Å². The number of halogens is 2. The van der Waals surface area contributed by atoms with Crippen LogP contribution in [0.15, 0.2) is 17.1 Å². The standard InChI is InChI=1S/C22H23Cl2N5O2/c1-10(12-6-25-7-12)14-5-17(23)13-3-4-29(22(31)18(13)19(14)24)9-16-15-8-26-28-20(15)11(2)27-21(16)30/h5,8,10,12,25H,3-4,6-7,9H2,1-2H3,(H,26,28)(H,27,30). The van der Waals surface area contributed by atoms with Gasteiger partial charge in [0.2, 0.25) is 0 Å². The molecule has 31 heavy (non-hydrogen) atoms. The summed E-state index contributed by atoms with van der Waals surface area (Å²) in [7, 11) is 0. The fourth-order valence-electron chi connectivity index (χ4n) is 4.64. The number of nitrogens with one attached hydrogen (secondary N) is 3. The van der Waals surface area contributed by atoms with Gasteiger partial charge in [-0.2, -0.15) is 5.10 Å². The molecule has 1 saturated heterocycles. The molecule has 0 bridgehead atoms.